The fourth-order valence-electron chi connectivity index (χ4n) is 5.18. The zero-order valence-electron chi connectivity index (χ0n) is 21.9. The van der Waals surface area contributed by atoms with Crippen molar-refractivity contribution in [3.63, 3.8) is 0 Å². The molecule has 2 aliphatic rings. The van der Waals surface area contributed by atoms with E-state index >= 15 is 4.39 Å². The standard InChI is InChI=1S/C29H26FN5O4S/c1-29(2,27(37)34-28-31-16-32-40-28)24-19-5-3-4-6-23(19)39-25-20(24)9-10-22(33-25)17-7-8-18(21(30)15-17)26(36)35-11-13-38-14-12-35/h3-10,15-16,24H,11-14H2,1-2H3,(H,31,32,34,37)/t24-/m0/s1. The molecule has 40 heavy (non-hydrogen) atoms. The third kappa shape index (κ3) is 4.71. The molecule has 1 atom stereocenters. The van der Waals surface area contributed by atoms with Gasteiger partial charge < -0.3 is 19.7 Å². The number of hydrogen-bond donors (Lipinski definition) is 1. The van der Waals surface area contributed by atoms with Crippen molar-refractivity contribution >= 4 is 28.5 Å². The molecule has 0 unspecified atom stereocenters. The summed E-state index contributed by atoms with van der Waals surface area (Å²) in [5, 5.41) is 3.29. The summed E-state index contributed by atoms with van der Waals surface area (Å²) < 4.78 is 30.6. The normalized spacial score (nSPS) is 16.5. The van der Waals surface area contributed by atoms with Gasteiger partial charge in [0.25, 0.3) is 5.91 Å². The maximum atomic E-state index is 15.1. The van der Waals surface area contributed by atoms with Crippen molar-refractivity contribution in [3.05, 3.63) is 83.4 Å². The number of benzene rings is 2. The van der Waals surface area contributed by atoms with E-state index < -0.39 is 11.2 Å². The number of carbonyl (C=O) groups excluding carboxylic acids is 2. The Bertz CT molecular complexity index is 1590. The van der Waals surface area contributed by atoms with E-state index in [1.165, 1.54) is 18.5 Å². The number of morpholine rings is 1. The van der Waals surface area contributed by atoms with Crippen LogP contribution in [0.25, 0.3) is 11.3 Å². The van der Waals surface area contributed by atoms with E-state index in [0.717, 1.165) is 22.7 Å². The first-order valence-corrected chi connectivity index (χ1v) is 13.6. The molecule has 204 valence electrons. The molecule has 0 saturated carbocycles. The fraction of sp³-hybridized carbons (Fsp3) is 0.276. The van der Waals surface area contributed by atoms with Crippen LogP contribution in [0.4, 0.5) is 9.52 Å². The number of nitrogens with zero attached hydrogens (tertiary/aromatic N) is 4. The molecule has 1 saturated heterocycles. The van der Waals surface area contributed by atoms with Gasteiger partial charge in [-0.25, -0.2) is 14.4 Å². The fourth-order valence-corrected chi connectivity index (χ4v) is 5.60. The predicted octanol–water partition coefficient (Wildman–Crippen LogP) is 5.11. The highest BCUT2D eigenvalue weighted by Crippen LogP contribution is 2.52. The van der Waals surface area contributed by atoms with E-state index in [4.69, 9.17) is 14.5 Å². The highest BCUT2D eigenvalue weighted by atomic mass is 32.1. The smallest absolute Gasteiger partial charge is 0.256 e. The minimum absolute atomic E-state index is 0.0112. The van der Waals surface area contributed by atoms with Crippen molar-refractivity contribution in [2.45, 2.75) is 19.8 Å². The molecule has 2 aliphatic heterocycles. The van der Waals surface area contributed by atoms with Gasteiger partial charge in [-0.1, -0.05) is 44.2 Å². The first-order valence-electron chi connectivity index (χ1n) is 12.9. The summed E-state index contributed by atoms with van der Waals surface area (Å²) in [5.41, 5.74) is 1.68. The van der Waals surface area contributed by atoms with Gasteiger partial charge >= 0.3 is 0 Å². The second-order valence-electron chi connectivity index (χ2n) is 10.2. The molecular formula is C29H26FN5O4S. The number of halogens is 1. The SMILES string of the molecule is CC(C)(C(=O)Nc1ncns1)[C@H]1c2ccccc2Oc2nc(-c3ccc(C(=O)N4CCOCC4)c(F)c3)ccc21. The summed E-state index contributed by atoms with van der Waals surface area (Å²) >= 11 is 1.11. The van der Waals surface area contributed by atoms with Crippen molar-refractivity contribution < 1.29 is 23.5 Å². The summed E-state index contributed by atoms with van der Waals surface area (Å²) in [6.07, 6.45) is 1.39. The Morgan fingerprint density at radius 3 is 2.62 bits per heavy atom. The molecule has 4 heterocycles. The van der Waals surface area contributed by atoms with Crippen LogP contribution in [-0.2, 0) is 9.53 Å². The summed E-state index contributed by atoms with van der Waals surface area (Å²) in [7, 11) is 0. The van der Waals surface area contributed by atoms with Crippen LogP contribution >= 0.6 is 11.5 Å². The number of para-hydroxylation sites is 1. The number of nitrogens with one attached hydrogen (secondary N) is 1. The van der Waals surface area contributed by atoms with Crippen LogP contribution in [0.5, 0.6) is 11.6 Å². The summed E-state index contributed by atoms with van der Waals surface area (Å²) in [6, 6.07) is 15.7. The highest BCUT2D eigenvalue weighted by Gasteiger charge is 2.44. The van der Waals surface area contributed by atoms with Crippen LogP contribution in [0.1, 0.15) is 41.3 Å². The largest absolute Gasteiger partial charge is 0.438 e. The van der Waals surface area contributed by atoms with Gasteiger partial charge in [-0.15, -0.1) is 0 Å². The minimum Gasteiger partial charge on any atom is -0.438 e. The molecule has 0 spiro atoms. The van der Waals surface area contributed by atoms with Gasteiger partial charge in [0.05, 0.1) is 29.9 Å². The van der Waals surface area contributed by atoms with Gasteiger partial charge in [-0.2, -0.15) is 4.37 Å². The first kappa shape index (κ1) is 26.0. The van der Waals surface area contributed by atoms with Crippen molar-refractivity contribution in [1.82, 2.24) is 19.2 Å². The Balaban J connectivity index is 1.34. The molecule has 11 heteroatoms. The number of pyridine rings is 1. The molecule has 2 aromatic carbocycles. The third-order valence-electron chi connectivity index (χ3n) is 7.32. The highest BCUT2D eigenvalue weighted by molar-refractivity contribution is 7.09. The van der Waals surface area contributed by atoms with E-state index in [9.17, 15) is 9.59 Å². The van der Waals surface area contributed by atoms with Crippen LogP contribution in [0, 0.1) is 11.2 Å². The topological polar surface area (TPSA) is 107 Å². The van der Waals surface area contributed by atoms with Crippen LogP contribution in [0.2, 0.25) is 0 Å². The molecule has 0 aliphatic carbocycles. The molecule has 2 aromatic heterocycles. The molecule has 0 radical (unpaired) electrons. The minimum atomic E-state index is -0.920. The zero-order valence-corrected chi connectivity index (χ0v) is 22.7. The third-order valence-corrected chi connectivity index (χ3v) is 7.90. The Morgan fingerprint density at radius 2 is 1.88 bits per heavy atom. The van der Waals surface area contributed by atoms with E-state index in [1.807, 2.05) is 44.2 Å². The Labute approximate surface area is 234 Å². The number of anilines is 1. The lowest BCUT2D eigenvalue weighted by Crippen LogP contribution is -2.41. The van der Waals surface area contributed by atoms with Crippen LogP contribution in [-0.4, -0.2) is 57.4 Å². The maximum absolute atomic E-state index is 15.1. The number of fused-ring (bicyclic) bond motifs is 2. The second kappa shape index (κ2) is 10.4. The Kier molecular flexibility index (Phi) is 6.77. The number of amides is 2. The molecule has 9 nitrogen and oxygen atoms in total. The number of rotatable bonds is 5. The second-order valence-corrected chi connectivity index (χ2v) is 11.0. The lowest BCUT2D eigenvalue weighted by molar-refractivity contribution is -0.124. The van der Waals surface area contributed by atoms with Crippen LogP contribution < -0.4 is 10.1 Å². The van der Waals surface area contributed by atoms with Gasteiger partial charge in [0.2, 0.25) is 16.9 Å². The van der Waals surface area contributed by atoms with Crippen molar-refractivity contribution in [3.8, 4) is 22.9 Å². The van der Waals surface area contributed by atoms with Gasteiger partial charge in [-0.05, 0) is 24.3 Å². The average molecular weight is 560 g/mol. The lowest BCUT2D eigenvalue weighted by Gasteiger charge is -2.37. The quantitative estimate of drug-likeness (QED) is 0.362. The van der Waals surface area contributed by atoms with Gasteiger partial charge in [-0.3, -0.25) is 9.59 Å². The van der Waals surface area contributed by atoms with Gasteiger partial charge in [0.1, 0.15) is 17.9 Å². The summed E-state index contributed by atoms with van der Waals surface area (Å²) in [5.74, 6) is -0.642. The molecule has 1 fully saturated rings. The van der Waals surface area contributed by atoms with Crippen molar-refractivity contribution in [2.75, 3.05) is 31.6 Å². The Morgan fingerprint density at radius 1 is 1.07 bits per heavy atom. The molecular weight excluding hydrogens is 533 g/mol. The molecule has 0 bridgehead atoms. The van der Waals surface area contributed by atoms with E-state index in [2.05, 4.69) is 14.7 Å². The molecule has 4 aromatic rings. The monoisotopic (exact) mass is 559 g/mol. The van der Waals surface area contributed by atoms with E-state index in [0.29, 0.717) is 54.3 Å². The molecule has 6 rings (SSSR count). The summed E-state index contributed by atoms with van der Waals surface area (Å²) in [4.78, 5) is 36.7. The van der Waals surface area contributed by atoms with E-state index in [1.54, 1.807) is 17.0 Å². The van der Waals surface area contributed by atoms with Crippen molar-refractivity contribution in [1.29, 1.82) is 0 Å². The Hall–Kier alpha value is -4.22. The zero-order chi connectivity index (χ0) is 27.9. The maximum Gasteiger partial charge on any atom is 0.256 e. The van der Waals surface area contributed by atoms with Crippen LogP contribution in [0.3, 0.4) is 0 Å². The number of aromatic nitrogens is 3. The predicted molar refractivity (Wildman–Crippen MR) is 147 cm³/mol. The molecule has 2 amide bonds. The number of carbonyl (C=O) groups is 2. The molecule has 1 N–H and O–H groups in total. The van der Waals surface area contributed by atoms with Crippen molar-refractivity contribution in [2.24, 2.45) is 5.41 Å². The lowest BCUT2D eigenvalue weighted by atomic mass is 9.69. The number of hydrogen-bond acceptors (Lipinski definition) is 8. The number of ether oxygens (including phenoxy) is 2. The van der Waals surface area contributed by atoms with Gasteiger partial charge in [0, 0.05) is 47.2 Å². The van der Waals surface area contributed by atoms with Crippen LogP contribution in [0.15, 0.2) is 60.9 Å². The first-order chi connectivity index (χ1) is 19.3. The average Bonchev–Trinajstić information content (AvgIpc) is 3.48. The van der Waals surface area contributed by atoms with E-state index in [-0.39, 0.29) is 23.3 Å². The summed E-state index contributed by atoms with van der Waals surface area (Å²) in [6.45, 7) is 5.48. The van der Waals surface area contributed by atoms with Gasteiger partial charge in [0.15, 0.2) is 0 Å².